The molecule has 0 spiro atoms. The van der Waals surface area contributed by atoms with Gasteiger partial charge in [0, 0.05) is 24.3 Å². The van der Waals surface area contributed by atoms with E-state index in [1.54, 1.807) is 29.4 Å². The Morgan fingerprint density at radius 1 is 1.38 bits per heavy atom. The number of nitrogens with one attached hydrogen (secondary N) is 1. The minimum Gasteiger partial charge on any atom is -0.304 e. The predicted molar refractivity (Wildman–Crippen MR) is 81.2 cm³/mol. The van der Waals surface area contributed by atoms with Crippen LogP contribution >= 0.6 is 11.3 Å². The topological polar surface area (TPSA) is 72.7 Å². The van der Waals surface area contributed by atoms with E-state index in [-0.39, 0.29) is 5.91 Å². The van der Waals surface area contributed by atoms with Crippen LogP contribution in [0.1, 0.15) is 16.2 Å². The second-order valence-electron chi connectivity index (χ2n) is 4.50. The molecule has 0 aliphatic heterocycles. The van der Waals surface area contributed by atoms with Crippen molar-refractivity contribution in [2.24, 2.45) is 7.05 Å². The lowest BCUT2D eigenvalue weighted by molar-refractivity contribution is 0.102. The molecule has 3 aromatic heterocycles. The number of pyridine rings is 1. The van der Waals surface area contributed by atoms with E-state index in [9.17, 15) is 4.79 Å². The molecule has 3 rings (SSSR count). The Labute approximate surface area is 125 Å². The summed E-state index contributed by atoms with van der Waals surface area (Å²) in [6, 6.07) is 7.37. The van der Waals surface area contributed by atoms with Crippen molar-refractivity contribution in [1.29, 1.82) is 0 Å². The Kier molecular flexibility index (Phi) is 3.49. The minimum atomic E-state index is -0.267. The Balaban J connectivity index is 1.77. The first kappa shape index (κ1) is 13.4. The summed E-state index contributed by atoms with van der Waals surface area (Å²) in [6.45, 7) is 1.89. The van der Waals surface area contributed by atoms with Crippen LogP contribution < -0.4 is 5.32 Å². The second-order valence-corrected chi connectivity index (χ2v) is 5.36. The molecule has 0 aromatic carbocycles. The molecule has 1 amide bonds. The van der Waals surface area contributed by atoms with Gasteiger partial charge in [0.1, 0.15) is 10.8 Å². The molecule has 0 fully saturated rings. The van der Waals surface area contributed by atoms with E-state index < -0.39 is 0 Å². The van der Waals surface area contributed by atoms with Crippen LogP contribution in [-0.4, -0.2) is 25.7 Å². The van der Waals surface area contributed by atoms with E-state index in [4.69, 9.17) is 0 Å². The summed E-state index contributed by atoms with van der Waals surface area (Å²) in [4.78, 5) is 20.7. The van der Waals surface area contributed by atoms with Gasteiger partial charge in [-0.25, -0.2) is 4.98 Å². The standard InChI is InChI=1S/C14H13N5OS/c1-9-7-11(18-19(9)2)13(20)16-12-8-21-14(17-12)10-5-3-4-6-15-10/h3-8H,1-2H3,(H,16,20). The van der Waals surface area contributed by atoms with E-state index in [0.717, 1.165) is 16.4 Å². The summed E-state index contributed by atoms with van der Waals surface area (Å²) in [5, 5.41) is 9.44. The number of thiazole rings is 1. The molecule has 21 heavy (non-hydrogen) atoms. The van der Waals surface area contributed by atoms with Gasteiger partial charge < -0.3 is 5.32 Å². The zero-order valence-electron chi connectivity index (χ0n) is 11.6. The number of carbonyl (C=O) groups excluding carboxylic acids is 1. The quantitative estimate of drug-likeness (QED) is 0.806. The van der Waals surface area contributed by atoms with Gasteiger partial charge in [0.25, 0.3) is 5.91 Å². The first-order valence-corrected chi connectivity index (χ1v) is 7.20. The maximum atomic E-state index is 12.1. The van der Waals surface area contributed by atoms with Crippen LogP contribution in [0.2, 0.25) is 0 Å². The van der Waals surface area contributed by atoms with E-state index >= 15 is 0 Å². The lowest BCUT2D eigenvalue weighted by Gasteiger charge is -1.98. The van der Waals surface area contributed by atoms with Crippen molar-refractivity contribution in [3.63, 3.8) is 0 Å². The molecule has 7 heteroatoms. The van der Waals surface area contributed by atoms with Gasteiger partial charge in [-0.3, -0.25) is 14.5 Å². The van der Waals surface area contributed by atoms with E-state index in [1.807, 2.05) is 25.1 Å². The Morgan fingerprint density at radius 2 is 2.24 bits per heavy atom. The number of amides is 1. The van der Waals surface area contributed by atoms with Gasteiger partial charge in [-0.2, -0.15) is 5.10 Å². The largest absolute Gasteiger partial charge is 0.304 e. The average Bonchev–Trinajstić information content (AvgIpc) is 3.08. The zero-order chi connectivity index (χ0) is 14.8. The van der Waals surface area contributed by atoms with Crippen LogP contribution in [0, 0.1) is 6.92 Å². The van der Waals surface area contributed by atoms with Gasteiger partial charge in [-0.1, -0.05) is 6.07 Å². The molecular weight excluding hydrogens is 286 g/mol. The number of nitrogens with zero attached hydrogens (tertiary/aromatic N) is 4. The molecule has 0 aliphatic carbocycles. The van der Waals surface area contributed by atoms with Gasteiger partial charge in [-0.05, 0) is 25.1 Å². The average molecular weight is 299 g/mol. The lowest BCUT2D eigenvalue weighted by atomic mass is 10.3. The van der Waals surface area contributed by atoms with Crippen molar-refractivity contribution in [2.75, 3.05) is 5.32 Å². The van der Waals surface area contributed by atoms with Gasteiger partial charge in [0.05, 0.1) is 5.69 Å². The van der Waals surface area contributed by atoms with Crippen molar-refractivity contribution in [1.82, 2.24) is 19.7 Å². The number of hydrogen-bond acceptors (Lipinski definition) is 5. The van der Waals surface area contributed by atoms with E-state index in [1.165, 1.54) is 11.3 Å². The SMILES string of the molecule is Cc1cc(C(=O)Nc2csc(-c3ccccn3)n2)nn1C. The Hall–Kier alpha value is -2.54. The Morgan fingerprint density at radius 3 is 2.90 bits per heavy atom. The highest BCUT2D eigenvalue weighted by molar-refractivity contribution is 7.13. The van der Waals surface area contributed by atoms with E-state index in [0.29, 0.717) is 11.5 Å². The summed E-state index contributed by atoms with van der Waals surface area (Å²) in [5.41, 5.74) is 2.09. The summed E-state index contributed by atoms with van der Waals surface area (Å²) in [5.74, 6) is 0.241. The van der Waals surface area contributed by atoms with Crippen LogP contribution in [0.15, 0.2) is 35.8 Å². The number of rotatable bonds is 3. The summed E-state index contributed by atoms with van der Waals surface area (Å²) in [7, 11) is 1.80. The van der Waals surface area contributed by atoms with Crippen LogP contribution in [0.25, 0.3) is 10.7 Å². The molecule has 0 atom stereocenters. The van der Waals surface area contributed by atoms with Crippen molar-refractivity contribution in [3.05, 3.63) is 47.2 Å². The van der Waals surface area contributed by atoms with Crippen LogP contribution in [-0.2, 0) is 7.05 Å². The molecule has 1 N–H and O–H groups in total. The molecule has 0 saturated heterocycles. The number of anilines is 1. The first-order valence-electron chi connectivity index (χ1n) is 6.32. The molecule has 6 nitrogen and oxygen atoms in total. The fourth-order valence-electron chi connectivity index (χ4n) is 1.79. The molecule has 0 bridgehead atoms. The van der Waals surface area contributed by atoms with Crippen molar-refractivity contribution in [3.8, 4) is 10.7 Å². The first-order chi connectivity index (χ1) is 10.1. The molecule has 0 unspecified atom stereocenters. The summed E-state index contributed by atoms with van der Waals surface area (Å²) < 4.78 is 1.66. The van der Waals surface area contributed by atoms with Crippen molar-refractivity contribution in [2.45, 2.75) is 6.92 Å². The maximum absolute atomic E-state index is 12.1. The van der Waals surface area contributed by atoms with Crippen molar-refractivity contribution >= 4 is 23.1 Å². The van der Waals surface area contributed by atoms with Crippen molar-refractivity contribution < 1.29 is 4.79 Å². The van der Waals surface area contributed by atoms with Gasteiger partial charge in [-0.15, -0.1) is 11.3 Å². The van der Waals surface area contributed by atoms with Crippen LogP contribution in [0.4, 0.5) is 5.82 Å². The number of aromatic nitrogens is 4. The monoisotopic (exact) mass is 299 g/mol. The second kappa shape index (κ2) is 5.45. The van der Waals surface area contributed by atoms with Crippen LogP contribution in [0.5, 0.6) is 0 Å². The number of aryl methyl sites for hydroxylation is 2. The fraction of sp³-hybridized carbons (Fsp3) is 0.143. The highest BCUT2D eigenvalue weighted by Gasteiger charge is 2.13. The van der Waals surface area contributed by atoms with Gasteiger partial charge in [0.15, 0.2) is 5.69 Å². The Bertz CT molecular complexity index is 758. The minimum absolute atomic E-state index is 0.267. The molecule has 0 radical (unpaired) electrons. The van der Waals surface area contributed by atoms with Crippen LogP contribution in [0.3, 0.4) is 0 Å². The molecule has 3 heterocycles. The highest BCUT2D eigenvalue weighted by atomic mass is 32.1. The number of hydrogen-bond donors (Lipinski definition) is 1. The highest BCUT2D eigenvalue weighted by Crippen LogP contribution is 2.24. The third kappa shape index (κ3) is 2.82. The van der Waals surface area contributed by atoms with Gasteiger partial charge in [0.2, 0.25) is 0 Å². The maximum Gasteiger partial charge on any atom is 0.277 e. The summed E-state index contributed by atoms with van der Waals surface area (Å²) in [6.07, 6.45) is 1.71. The van der Waals surface area contributed by atoms with E-state index in [2.05, 4.69) is 20.4 Å². The molecule has 0 aliphatic rings. The smallest absolute Gasteiger partial charge is 0.277 e. The normalized spacial score (nSPS) is 10.6. The van der Waals surface area contributed by atoms with Gasteiger partial charge >= 0.3 is 0 Å². The molecular formula is C14H13N5OS. The zero-order valence-corrected chi connectivity index (χ0v) is 12.4. The molecule has 0 saturated carbocycles. The fourth-order valence-corrected chi connectivity index (χ4v) is 2.52. The number of carbonyl (C=O) groups is 1. The molecule has 106 valence electrons. The lowest BCUT2D eigenvalue weighted by Crippen LogP contribution is -2.13. The third-order valence-corrected chi connectivity index (χ3v) is 3.84. The predicted octanol–water partition coefficient (Wildman–Crippen LogP) is 2.50. The summed E-state index contributed by atoms with van der Waals surface area (Å²) >= 11 is 1.43. The third-order valence-electron chi connectivity index (χ3n) is 2.98. The molecule has 3 aromatic rings.